The van der Waals surface area contributed by atoms with Gasteiger partial charge in [0.25, 0.3) is 0 Å². The number of hydrogen-bond donors (Lipinski definition) is 1. The zero-order chi connectivity index (χ0) is 20.6. The van der Waals surface area contributed by atoms with E-state index in [1.54, 1.807) is 13.8 Å². The van der Waals surface area contributed by atoms with Crippen LogP contribution in [0, 0.1) is 11.3 Å². The van der Waals surface area contributed by atoms with E-state index in [1.807, 2.05) is 25.2 Å². The average Bonchev–Trinajstić information content (AvgIpc) is 2.53. The third-order valence-electron chi connectivity index (χ3n) is 5.19. The van der Waals surface area contributed by atoms with Crippen LogP contribution in [0.4, 0.5) is 0 Å². The summed E-state index contributed by atoms with van der Waals surface area (Å²) < 4.78 is 0. The van der Waals surface area contributed by atoms with Gasteiger partial charge in [0, 0.05) is 0 Å². The second-order valence-corrected chi connectivity index (χ2v) is 8.12. The molecule has 1 N–H and O–H groups in total. The van der Waals surface area contributed by atoms with Crippen molar-refractivity contribution in [3.8, 4) is 0 Å². The number of aliphatic carboxylic acids is 1. The molecule has 0 bridgehead atoms. The predicted molar refractivity (Wildman–Crippen MR) is 113 cm³/mol. The van der Waals surface area contributed by atoms with E-state index in [4.69, 9.17) is 5.11 Å². The molecule has 1 aliphatic carbocycles. The summed E-state index contributed by atoms with van der Waals surface area (Å²) >= 11 is 0. The van der Waals surface area contributed by atoms with Gasteiger partial charge in [-0.2, -0.15) is 0 Å². The van der Waals surface area contributed by atoms with Crippen LogP contribution in [0.15, 0.2) is 58.7 Å². The fourth-order valence-electron chi connectivity index (χ4n) is 3.50. The molecule has 0 spiro atoms. The van der Waals surface area contributed by atoms with Crippen molar-refractivity contribution in [2.24, 2.45) is 11.3 Å². The Labute approximate surface area is 164 Å². The molecule has 0 amide bonds. The Morgan fingerprint density at radius 3 is 2.41 bits per heavy atom. The molecule has 0 aromatic rings. The smallest absolute Gasteiger partial charge is 0.314 e. The van der Waals surface area contributed by atoms with Crippen LogP contribution in [0.5, 0.6) is 0 Å². The van der Waals surface area contributed by atoms with Crippen molar-refractivity contribution >= 4 is 11.8 Å². The van der Waals surface area contributed by atoms with Crippen LogP contribution in [0.1, 0.15) is 67.2 Å². The summed E-state index contributed by atoms with van der Waals surface area (Å²) in [6.45, 7) is 12.4. The molecular formula is C24H34O3. The first-order valence-electron chi connectivity index (χ1n) is 9.76. The molecule has 3 heteroatoms. The van der Waals surface area contributed by atoms with E-state index in [9.17, 15) is 9.59 Å². The minimum Gasteiger partial charge on any atom is -0.481 e. The van der Waals surface area contributed by atoms with E-state index in [2.05, 4.69) is 32.9 Å². The fraction of sp³-hybridized carbons (Fsp3) is 0.500. The van der Waals surface area contributed by atoms with Crippen molar-refractivity contribution in [1.82, 2.24) is 0 Å². The van der Waals surface area contributed by atoms with Crippen LogP contribution in [0.3, 0.4) is 0 Å². The molecule has 1 atom stereocenters. The van der Waals surface area contributed by atoms with Crippen LogP contribution in [0.25, 0.3) is 0 Å². The Hall–Kier alpha value is -2.16. The van der Waals surface area contributed by atoms with Crippen LogP contribution < -0.4 is 0 Å². The molecule has 0 saturated carbocycles. The van der Waals surface area contributed by atoms with E-state index in [0.717, 1.165) is 11.1 Å². The summed E-state index contributed by atoms with van der Waals surface area (Å²) in [7, 11) is 0. The maximum absolute atomic E-state index is 12.0. The van der Waals surface area contributed by atoms with Crippen LogP contribution in [0.2, 0.25) is 0 Å². The number of carboxylic acid groups (broad SMARTS) is 1. The fourth-order valence-corrected chi connectivity index (χ4v) is 3.50. The standard InChI is InChI=1S/C24H34O3/c1-7-20(23(26)27)22(25)16-18(3)11-8-10-17(2)13-14-21-19(4)12-9-15-24(21,5)6/h8,10-11,13-14,16,20H,7,9,12,15H2,1-6H3,(H,26,27)/b11-8+,14-13+,17-10+,18-16+. The first kappa shape index (κ1) is 22.9. The van der Waals surface area contributed by atoms with E-state index in [1.165, 1.54) is 36.5 Å². The summed E-state index contributed by atoms with van der Waals surface area (Å²) in [5, 5.41) is 9.04. The Balaban J connectivity index is 2.79. The number of carbonyl (C=O) groups excluding carboxylic acids is 1. The van der Waals surface area contributed by atoms with Gasteiger partial charge in [0.15, 0.2) is 5.78 Å². The number of rotatable bonds is 8. The summed E-state index contributed by atoms with van der Waals surface area (Å²) in [6.07, 6.45) is 15.5. The van der Waals surface area contributed by atoms with Crippen molar-refractivity contribution in [2.45, 2.75) is 67.2 Å². The number of allylic oxidation sites excluding steroid dienone is 10. The maximum atomic E-state index is 12.0. The Morgan fingerprint density at radius 2 is 1.85 bits per heavy atom. The lowest BCUT2D eigenvalue weighted by Crippen LogP contribution is -2.21. The third-order valence-corrected chi connectivity index (χ3v) is 5.19. The molecule has 1 unspecified atom stereocenters. The molecule has 0 aromatic heterocycles. The van der Waals surface area contributed by atoms with Crippen LogP contribution in [-0.2, 0) is 9.59 Å². The normalized spacial score (nSPS) is 19.8. The summed E-state index contributed by atoms with van der Waals surface area (Å²) in [5.74, 6) is -2.37. The van der Waals surface area contributed by atoms with Gasteiger partial charge in [-0.1, -0.05) is 62.3 Å². The lowest BCUT2D eigenvalue weighted by atomic mass is 9.72. The second kappa shape index (κ2) is 10.2. The van der Waals surface area contributed by atoms with Gasteiger partial charge in [0.1, 0.15) is 5.92 Å². The molecule has 1 aliphatic rings. The topological polar surface area (TPSA) is 54.4 Å². The van der Waals surface area contributed by atoms with Gasteiger partial charge in [-0.3, -0.25) is 9.59 Å². The SMILES string of the molecule is CCC(C(=O)O)C(=O)/C=C(C)/C=C/C=C(C)/C=C/C1=C(C)CCCC1(C)C. The van der Waals surface area contributed by atoms with E-state index >= 15 is 0 Å². The molecule has 0 aliphatic heterocycles. The average molecular weight is 371 g/mol. The van der Waals surface area contributed by atoms with Gasteiger partial charge in [0.05, 0.1) is 0 Å². The summed E-state index contributed by atoms with van der Waals surface area (Å²) in [6, 6.07) is 0. The van der Waals surface area contributed by atoms with Gasteiger partial charge in [0.2, 0.25) is 0 Å². The molecule has 0 fully saturated rings. The number of carboxylic acids is 1. The molecule has 3 nitrogen and oxygen atoms in total. The summed E-state index contributed by atoms with van der Waals surface area (Å²) in [4.78, 5) is 23.0. The van der Waals surface area contributed by atoms with Crippen LogP contribution >= 0.6 is 0 Å². The lowest BCUT2D eigenvalue weighted by Gasteiger charge is -2.32. The molecule has 0 aromatic carbocycles. The van der Waals surface area contributed by atoms with Gasteiger partial charge >= 0.3 is 5.97 Å². The predicted octanol–water partition coefficient (Wildman–Crippen LogP) is 6.20. The first-order valence-corrected chi connectivity index (χ1v) is 9.76. The number of ketones is 1. The van der Waals surface area contributed by atoms with Gasteiger partial charge in [-0.25, -0.2) is 0 Å². The molecule has 0 saturated heterocycles. The van der Waals surface area contributed by atoms with E-state index in [-0.39, 0.29) is 11.2 Å². The number of hydrogen-bond acceptors (Lipinski definition) is 2. The quantitative estimate of drug-likeness (QED) is 0.314. The Bertz CT molecular complexity index is 712. The monoisotopic (exact) mass is 370 g/mol. The number of carbonyl (C=O) groups is 2. The van der Waals surface area contributed by atoms with Crippen molar-refractivity contribution < 1.29 is 14.7 Å². The molecule has 27 heavy (non-hydrogen) atoms. The highest BCUT2D eigenvalue weighted by Crippen LogP contribution is 2.40. The molecule has 0 heterocycles. The van der Waals surface area contributed by atoms with E-state index < -0.39 is 11.9 Å². The van der Waals surface area contributed by atoms with Crippen molar-refractivity contribution in [2.75, 3.05) is 0 Å². The van der Waals surface area contributed by atoms with Crippen molar-refractivity contribution in [3.05, 3.63) is 58.7 Å². The molecule has 148 valence electrons. The van der Waals surface area contributed by atoms with Crippen LogP contribution in [-0.4, -0.2) is 16.9 Å². The largest absolute Gasteiger partial charge is 0.481 e. The lowest BCUT2D eigenvalue weighted by molar-refractivity contribution is -0.145. The van der Waals surface area contributed by atoms with Crippen molar-refractivity contribution in [3.63, 3.8) is 0 Å². The van der Waals surface area contributed by atoms with Gasteiger partial charge in [-0.15, -0.1) is 0 Å². The Kier molecular flexibility index (Phi) is 8.68. The zero-order valence-corrected chi connectivity index (χ0v) is 17.6. The highest BCUT2D eigenvalue weighted by atomic mass is 16.4. The van der Waals surface area contributed by atoms with E-state index in [0.29, 0.717) is 6.42 Å². The van der Waals surface area contributed by atoms with Crippen molar-refractivity contribution in [1.29, 1.82) is 0 Å². The maximum Gasteiger partial charge on any atom is 0.314 e. The summed E-state index contributed by atoms with van der Waals surface area (Å²) in [5.41, 5.74) is 5.02. The first-order chi connectivity index (χ1) is 12.6. The highest BCUT2D eigenvalue weighted by Gasteiger charge is 2.26. The molecular weight excluding hydrogens is 336 g/mol. The minimum atomic E-state index is -1.06. The Morgan fingerprint density at radius 1 is 1.19 bits per heavy atom. The van der Waals surface area contributed by atoms with Gasteiger partial charge in [-0.05, 0) is 69.1 Å². The minimum absolute atomic E-state index is 0.231. The zero-order valence-electron chi connectivity index (χ0n) is 17.6. The second-order valence-electron chi connectivity index (χ2n) is 8.12. The third kappa shape index (κ3) is 7.16. The molecule has 0 radical (unpaired) electrons. The highest BCUT2D eigenvalue weighted by molar-refractivity contribution is 6.04. The van der Waals surface area contributed by atoms with Gasteiger partial charge < -0.3 is 5.11 Å². The molecule has 1 rings (SSSR count).